The maximum absolute atomic E-state index is 5.92. The average molecular weight is 282 g/mol. The molecule has 0 aliphatic carbocycles. The Hall–Kier alpha value is -1.13. The lowest BCUT2D eigenvalue weighted by Crippen LogP contribution is -2.06. The highest BCUT2D eigenvalue weighted by molar-refractivity contribution is 7.11. The molecule has 1 N–H and O–H groups in total. The number of aromatic nitrogens is 2. The van der Waals surface area contributed by atoms with Gasteiger partial charge in [0.15, 0.2) is 0 Å². The molecular formula is C13H16ClN3S. The fourth-order valence-corrected chi connectivity index (χ4v) is 2.93. The zero-order valence-corrected chi connectivity index (χ0v) is 12.5. The van der Waals surface area contributed by atoms with Gasteiger partial charge in [-0.2, -0.15) is 0 Å². The zero-order valence-electron chi connectivity index (χ0n) is 10.9. The molecule has 0 fully saturated rings. The van der Waals surface area contributed by atoms with Gasteiger partial charge in [-0.3, -0.25) is 0 Å². The van der Waals surface area contributed by atoms with Crippen LogP contribution in [0.1, 0.15) is 34.1 Å². The standard InChI is InChI=1S/C13H16ClN3S/c1-7-5-11(6-15-13(7)14)17-9(3)12-8(2)16-10(4)18-12/h5-6,9,17H,1-4H3. The minimum absolute atomic E-state index is 0.221. The molecule has 2 heterocycles. The minimum atomic E-state index is 0.221. The molecule has 1 atom stereocenters. The largest absolute Gasteiger partial charge is 0.376 e. The smallest absolute Gasteiger partial charge is 0.132 e. The first kappa shape index (κ1) is 13.3. The van der Waals surface area contributed by atoms with Crippen molar-refractivity contribution in [2.75, 3.05) is 5.32 Å². The number of nitrogens with one attached hydrogen (secondary N) is 1. The number of halogens is 1. The quantitative estimate of drug-likeness (QED) is 0.853. The van der Waals surface area contributed by atoms with Gasteiger partial charge in [-0.1, -0.05) is 11.6 Å². The first-order chi connectivity index (χ1) is 8.47. The van der Waals surface area contributed by atoms with Gasteiger partial charge in [0.2, 0.25) is 0 Å². The third-order valence-corrected chi connectivity index (χ3v) is 4.38. The van der Waals surface area contributed by atoms with E-state index in [1.165, 1.54) is 4.88 Å². The van der Waals surface area contributed by atoms with Gasteiger partial charge >= 0.3 is 0 Å². The Kier molecular flexibility index (Phi) is 3.88. The number of aryl methyl sites for hydroxylation is 3. The lowest BCUT2D eigenvalue weighted by molar-refractivity contribution is 0.887. The maximum atomic E-state index is 5.92. The predicted octanol–water partition coefficient (Wildman–Crippen LogP) is 4.29. The summed E-state index contributed by atoms with van der Waals surface area (Å²) in [6, 6.07) is 2.23. The van der Waals surface area contributed by atoms with Crippen LogP contribution < -0.4 is 5.32 Å². The third-order valence-electron chi connectivity index (χ3n) is 2.73. The summed E-state index contributed by atoms with van der Waals surface area (Å²) >= 11 is 7.64. The van der Waals surface area contributed by atoms with Gasteiger partial charge < -0.3 is 5.32 Å². The van der Waals surface area contributed by atoms with Crippen molar-refractivity contribution in [1.82, 2.24) is 9.97 Å². The molecule has 0 saturated heterocycles. The first-order valence-electron chi connectivity index (χ1n) is 5.80. The third kappa shape index (κ3) is 2.82. The van der Waals surface area contributed by atoms with E-state index in [-0.39, 0.29) is 6.04 Å². The van der Waals surface area contributed by atoms with Crippen molar-refractivity contribution < 1.29 is 0 Å². The first-order valence-corrected chi connectivity index (χ1v) is 6.99. The molecule has 0 radical (unpaired) electrons. The fourth-order valence-electron chi connectivity index (χ4n) is 1.90. The Balaban J connectivity index is 2.18. The van der Waals surface area contributed by atoms with Crippen molar-refractivity contribution in [3.63, 3.8) is 0 Å². The number of anilines is 1. The number of pyridine rings is 1. The molecule has 0 amide bonds. The van der Waals surface area contributed by atoms with E-state index < -0.39 is 0 Å². The van der Waals surface area contributed by atoms with Gasteiger partial charge in [-0.25, -0.2) is 9.97 Å². The van der Waals surface area contributed by atoms with Crippen LogP contribution in [-0.2, 0) is 0 Å². The van der Waals surface area contributed by atoms with Gasteiger partial charge in [0.05, 0.1) is 28.6 Å². The molecule has 2 aromatic heterocycles. The molecule has 0 saturated carbocycles. The van der Waals surface area contributed by atoms with Crippen LogP contribution in [0.3, 0.4) is 0 Å². The summed E-state index contributed by atoms with van der Waals surface area (Å²) in [5, 5.41) is 5.08. The number of hydrogen-bond donors (Lipinski definition) is 1. The van der Waals surface area contributed by atoms with E-state index in [1.54, 1.807) is 17.5 Å². The Bertz CT molecular complexity index is 565. The second-order valence-electron chi connectivity index (χ2n) is 4.38. The van der Waals surface area contributed by atoms with E-state index in [0.717, 1.165) is 22.0 Å². The van der Waals surface area contributed by atoms with Crippen molar-refractivity contribution in [3.05, 3.63) is 38.6 Å². The molecule has 18 heavy (non-hydrogen) atoms. The summed E-state index contributed by atoms with van der Waals surface area (Å²) in [5.41, 5.74) is 3.05. The highest BCUT2D eigenvalue weighted by Crippen LogP contribution is 2.28. The van der Waals surface area contributed by atoms with Gasteiger partial charge in [0.1, 0.15) is 5.15 Å². The van der Waals surface area contributed by atoms with Gasteiger partial charge in [0.25, 0.3) is 0 Å². The molecule has 0 aliphatic rings. The SMILES string of the molecule is Cc1nc(C)c(C(C)Nc2cnc(Cl)c(C)c2)s1. The van der Waals surface area contributed by atoms with Crippen molar-refractivity contribution in [1.29, 1.82) is 0 Å². The minimum Gasteiger partial charge on any atom is -0.376 e. The van der Waals surface area contributed by atoms with Crippen molar-refractivity contribution in [2.45, 2.75) is 33.7 Å². The summed E-state index contributed by atoms with van der Waals surface area (Å²) in [5.74, 6) is 0. The molecule has 2 rings (SSSR count). The Morgan fingerprint density at radius 1 is 1.33 bits per heavy atom. The molecule has 1 unspecified atom stereocenters. The second kappa shape index (κ2) is 5.24. The van der Waals surface area contributed by atoms with Gasteiger partial charge in [-0.05, 0) is 39.3 Å². The van der Waals surface area contributed by atoms with Crippen LogP contribution in [0.5, 0.6) is 0 Å². The monoisotopic (exact) mass is 281 g/mol. The number of thiazole rings is 1. The summed E-state index contributed by atoms with van der Waals surface area (Å²) in [6.45, 7) is 8.15. The van der Waals surface area contributed by atoms with Crippen LogP contribution >= 0.6 is 22.9 Å². The lowest BCUT2D eigenvalue weighted by Gasteiger charge is -2.14. The summed E-state index contributed by atoms with van der Waals surface area (Å²) in [6.07, 6.45) is 1.76. The van der Waals surface area contributed by atoms with Crippen LogP contribution in [0.25, 0.3) is 0 Å². The van der Waals surface area contributed by atoms with Crippen LogP contribution in [0.2, 0.25) is 5.15 Å². The van der Waals surface area contributed by atoms with Gasteiger partial charge in [0, 0.05) is 4.88 Å². The Morgan fingerprint density at radius 2 is 2.06 bits per heavy atom. The fraction of sp³-hybridized carbons (Fsp3) is 0.385. The second-order valence-corrected chi connectivity index (χ2v) is 5.97. The van der Waals surface area contributed by atoms with Crippen molar-refractivity contribution in [3.8, 4) is 0 Å². The van der Waals surface area contributed by atoms with Crippen LogP contribution in [0, 0.1) is 20.8 Å². The summed E-state index contributed by atoms with van der Waals surface area (Å²) < 4.78 is 0. The van der Waals surface area contributed by atoms with E-state index in [0.29, 0.717) is 5.15 Å². The molecule has 0 spiro atoms. The summed E-state index contributed by atoms with van der Waals surface area (Å²) in [7, 11) is 0. The molecule has 3 nitrogen and oxygen atoms in total. The van der Waals surface area contributed by atoms with Crippen LogP contribution in [0.4, 0.5) is 5.69 Å². The number of nitrogens with zero attached hydrogens (tertiary/aromatic N) is 2. The van der Waals surface area contributed by atoms with E-state index in [1.807, 2.05) is 26.8 Å². The van der Waals surface area contributed by atoms with E-state index >= 15 is 0 Å². The van der Waals surface area contributed by atoms with E-state index in [4.69, 9.17) is 11.6 Å². The topological polar surface area (TPSA) is 37.8 Å². The highest BCUT2D eigenvalue weighted by Gasteiger charge is 2.13. The van der Waals surface area contributed by atoms with Gasteiger partial charge in [-0.15, -0.1) is 11.3 Å². The maximum Gasteiger partial charge on any atom is 0.132 e. The zero-order chi connectivity index (χ0) is 13.3. The highest BCUT2D eigenvalue weighted by atomic mass is 35.5. The average Bonchev–Trinajstić information content (AvgIpc) is 2.63. The molecular weight excluding hydrogens is 266 g/mol. The molecule has 96 valence electrons. The predicted molar refractivity (Wildman–Crippen MR) is 77.6 cm³/mol. The Morgan fingerprint density at radius 3 is 2.61 bits per heavy atom. The van der Waals surface area contributed by atoms with Crippen molar-refractivity contribution in [2.24, 2.45) is 0 Å². The van der Waals surface area contributed by atoms with Crippen molar-refractivity contribution >= 4 is 28.6 Å². The lowest BCUT2D eigenvalue weighted by atomic mass is 10.2. The van der Waals surface area contributed by atoms with E-state index in [2.05, 4.69) is 22.2 Å². The number of hydrogen-bond acceptors (Lipinski definition) is 4. The van der Waals surface area contributed by atoms with Crippen LogP contribution in [-0.4, -0.2) is 9.97 Å². The molecule has 0 aromatic carbocycles. The Labute approximate surface area is 116 Å². The molecule has 0 bridgehead atoms. The summed E-state index contributed by atoms with van der Waals surface area (Å²) in [4.78, 5) is 9.85. The normalized spacial score (nSPS) is 12.5. The number of rotatable bonds is 3. The van der Waals surface area contributed by atoms with Crippen LogP contribution in [0.15, 0.2) is 12.3 Å². The molecule has 2 aromatic rings. The molecule has 5 heteroatoms. The molecule has 0 aliphatic heterocycles. The van der Waals surface area contributed by atoms with E-state index in [9.17, 15) is 0 Å².